The van der Waals surface area contributed by atoms with Gasteiger partial charge in [-0.15, -0.1) is 0 Å². The molecule has 2 heteroatoms. The van der Waals surface area contributed by atoms with Gasteiger partial charge in [0, 0.05) is 6.04 Å². The molecule has 0 spiro atoms. The van der Waals surface area contributed by atoms with Gasteiger partial charge in [0.15, 0.2) is 0 Å². The Morgan fingerprint density at radius 2 is 1.94 bits per heavy atom. The van der Waals surface area contributed by atoms with Crippen molar-refractivity contribution in [3.63, 3.8) is 0 Å². The van der Waals surface area contributed by atoms with Crippen molar-refractivity contribution in [2.24, 2.45) is 5.92 Å². The molecule has 16 heavy (non-hydrogen) atoms. The summed E-state index contributed by atoms with van der Waals surface area (Å²) < 4.78 is 0. The molecule has 0 aromatic rings. The molecule has 1 N–H and O–H groups in total. The summed E-state index contributed by atoms with van der Waals surface area (Å²) in [5.74, 6) is 0.994. The van der Waals surface area contributed by atoms with Crippen LogP contribution in [0.2, 0.25) is 0 Å². The fraction of sp³-hybridized carbons (Fsp3) is 1.00. The van der Waals surface area contributed by atoms with Gasteiger partial charge >= 0.3 is 0 Å². The molecule has 2 nitrogen and oxygen atoms in total. The molecule has 3 unspecified atom stereocenters. The Kier molecular flexibility index (Phi) is 4.66. The average Bonchev–Trinajstić information content (AvgIpc) is 2.29. The predicted octanol–water partition coefficient (Wildman–Crippen LogP) is 2.80. The fourth-order valence-electron chi connectivity index (χ4n) is 3.60. The van der Waals surface area contributed by atoms with Crippen LogP contribution in [0.5, 0.6) is 0 Å². The number of aliphatic hydroxyl groups is 1. The summed E-state index contributed by atoms with van der Waals surface area (Å²) in [5.41, 5.74) is 0. The Labute approximate surface area is 100 Å². The van der Waals surface area contributed by atoms with Crippen molar-refractivity contribution >= 4 is 0 Å². The van der Waals surface area contributed by atoms with E-state index in [4.69, 9.17) is 0 Å². The van der Waals surface area contributed by atoms with Gasteiger partial charge in [-0.05, 0) is 64.5 Å². The number of hydrogen-bond acceptors (Lipinski definition) is 2. The molecule has 0 aromatic carbocycles. The predicted molar refractivity (Wildman–Crippen MR) is 67.5 cm³/mol. The minimum Gasteiger partial charge on any atom is -0.393 e. The first-order valence-electron chi connectivity index (χ1n) is 7.19. The molecule has 2 rings (SSSR count). The maximum atomic E-state index is 9.30. The quantitative estimate of drug-likeness (QED) is 0.795. The summed E-state index contributed by atoms with van der Waals surface area (Å²) in [7, 11) is 0. The fourth-order valence-corrected chi connectivity index (χ4v) is 3.60. The second kappa shape index (κ2) is 6.02. The highest BCUT2D eigenvalue weighted by Gasteiger charge is 2.32. The zero-order chi connectivity index (χ0) is 11.4. The molecule has 1 heterocycles. The SMILES string of the molecule is CC(O)CCCN1CCCC2CCCCC21. The van der Waals surface area contributed by atoms with Crippen LogP contribution < -0.4 is 0 Å². The molecule has 0 aromatic heterocycles. The number of nitrogens with zero attached hydrogens (tertiary/aromatic N) is 1. The van der Waals surface area contributed by atoms with Crippen molar-refractivity contribution < 1.29 is 5.11 Å². The molecular formula is C14H27NO. The molecular weight excluding hydrogens is 198 g/mol. The van der Waals surface area contributed by atoms with E-state index in [1.54, 1.807) is 0 Å². The lowest BCUT2D eigenvalue weighted by Crippen LogP contribution is -2.47. The summed E-state index contributed by atoms with van der Waals surface area (Å²) >= 11 is 0. The number of rotatable bonds is 4. The van der Waals surface area contributed by atoms with Gasteiger partial charge in [0.1, 0.15) is 0 Å². The van der Waals surface area contributed by atoms with Crippen molar-refractivity contribution in [3.8, 4) is 0 Å². The minimum atomic E-state index is -0.119. The number of aliphatic hydroxyl groups excluding tert-OH is 1. The van der Waals surface area contributed by atoms with E-state index in [1.807, 2.05) is 6.92 Å². The first-order chi connectivity index (χ1) is 7.77. The highest BCUT2D eigenvalue weighted by atomic mass is 16.3. The summed E-state index contributed by atoms with van der Waals surface area (Å²) in [5, 5.41) is 9.30. The largest absolute Gasteiger partial charge is 0.393 e. The number of fused-ring (bicyclic) bond motifs is 1. The van der Waals surface area contributed by atoms with Gasteiger partial charge in [-0.3, -0.25) is 0 Å². The van der Waals surface area contributed by atoms with Gasteiger partial charge in [-0.25, -0.2) is 0 Å². The zero-order valence-corrected chi connectivity index (χ0v) is 10.7. The van der Waals surface area contributed by atoms with E-state index in [1.165, 1.54) is 58.0 Å². The molecule has 1 aliphatic heterocycles. The van der Waals surface area contributed by atoms with Gasteiger partial charge < -0.3 is 10.0 Å². The highest BCUT2D eigenvalue weighted by Crippen LogP contribution is 2.35. The first-order valence-corrected chi connectivity index (χ1v) is 7.19. The standard InChI is InChI=1S/C14H27NO/c1-12(16)6-4-10-15-11-5-8-13-7-2-3-9-14(13)15/h12-14,16H,2-11H2,1H3. The van der Waals surface area contributed by atoms with Crippen LogP contribution in [0.3, 0.4) is 0 Å². The van der Waals surface area contributed by atoms with Crippen molar-refractivity contribution in [3.05, 3.63) is 0 Å². The van der Waals surface area contributed by atoms with Crippen LogP contribution in [-0.4, -0.2) is 35.2 Å². The summed E-state index contributed by atoms with van der Waals surface area (Å²) in [6.07, 6.45) is 10.7. The topological polar surface area (TPSA) is 23.5 Å². The van der Waals surface area contributed by atoms with Crippen molar-refractivity contribution in [2.45, 2.75) is 70.4 Å². The monoisotopic (exact) mass is 225 g/mol. The lowest BCUT2D eigenvalue weighted by atomic mass is 9.78. The van der Waals surface area contributed by atoms with Gasteiger partial charge in [0.25, 0.3) is 0 Å². The third-order valence-electron chi connectivity index (χ3n) is 4.43. The molecule has 2 aliphatic rings. The summed E-state index contributed by atoms with van der Waals surface area (Å²) in [4.78, 5) is 2.72. The van der Waals surface area contributed by atoms with Crippen molar-refractivity contribution in [1.82, 2.24) is 4.90 Å². The molecule has 1 saturated carbocycles. The zero-order valence-electron chi connectivity index (χ0n) is 10.7. The Bertz CT molecular complexity index is 203. The Hall–Kier alpha value is -0.0800. The number of piperidine rings is 1. The lowest BCUT2D eigenvalue weighted by Gasteiger charge is -2.44. The van der Waals surface area contributed by atoms with Crippen LogP contribution in [-0.2, 0) is 0 Å². The van der Waals surface area contributed by atoms with Crippen LogP contribution in [0.25, 0.3) is 0 Å². The summed E-state index contributed by atoms with van der Waals surface area (Å²) in [6, 6.07) is 0.886. The molecule has 1 saturated heterocycles. The van der Waals surface area contributed by atoms with Crippen LogP contribution in [0, 0.1) is 5.92 Å². The van der Waals surface area contributed by atoms with E-state index in [9.17, 15) is 5.11 Å². The maximum absolute atomic E-state index is 9.30. The van der Waals surface area contributed by atoms with E-state index < -0.39 is 0 Å². The average molecular weight is 225 g/mol. The second-order valence-corrected chi connectivity index (χ2v) is 5.78. The van der Waals surface area contributed by atoms with Gasteiger partial charge in [0.2, 0.25) is 0 Å². The Morgan fingerprint density at radius 3 is 2.75 bits per heavy atom. The normalized spacial score (nSPS) is 33.4. The minimum absolute atomic E-state index is 0.119. The van der Waals surface area contributed by atoms with Crippen LogP contribution in [0.4, 0.5) is 0 Å². The number of hydrogen-bond donors (Lipinski definition) is 1. The van der Waals surface area contributed by atoms with Crippen molar-refractivity contribution in [1.29, 1.82) is 0 Å². The van der Waals surface area contributed by atoms with Crippen LogP contribution in [0.15, 0.2) is 0 Å². The second-order valence-electron chi connectivity index (χ2n) is 5.78. The van der Waals surface area contributed by atoms with Crippen LogP contribution >= 0.6 is 0 Å². The van der Waals surface area contributed by atoms with E-state index >= 15 is 0 Å². The molecule has 94 valence electrons. The molecule has 3 atom stereocenters. The third kappa shape index (κ3) is 3.21. The molecule has 2 fully saturated rings. The Morgan fingerprint density at radius 1 is 1.19 bits per heavy atom. The van der Waals surface area contributed by atoms with Crippen LogP contribution in [0.1, 0.15) is 58.3 Å². The summed E-state index contributed by atoms with van der Waals surface area (Å²) in [6.45, 7) is 4.42. The highest BCUT2D eigenvalue weighted by molar-refractivity contribution is 4.87. The third-order valence-corrected chi connectivity index (χ3v) is 4.43. The lowest BCUT2D eigenvalue weighted by molar-refractivity contribution is 0.0561. The number of likely N-dealkylation sites (tertiary alicyclic amines) is 1. The van der Waals surface area contributed by atoms with E-state index in [0.29, 0.717) is 0 Å². The van der Waals surface area contributed by atoms with E-state index in [-0.39, 0.29) is 6.10 Å². The van der Waals surface area contributed by atoms with E-state index in [0.717, 1.165) is 18.4 Å². The van der Waals surface area contributed by atoms with Gasteiger partial charge in [-0.1, -0.05) is 12.8 Å². The Balaban J connectivity index is 1.78. The van der Waals surface area contributed by atoms with Crippen molar-refractivity contribution in [2.75, 3.05) is 13.1 Å². The maximum Gasteiger partial charge on any atom is 0.0512 e. The first kappa shape index (κ1) is 12.4. The molecule has 0 bridgehead atoms. The molecule has 0 amide bonds. The smallest absolute Gasteiger partial charge is 0.0512 e. The van der Waals surface area contributed by atoms with Gasteiger partial charge in [0.05, 0.1) is 6.10 Å². The van der Waals surface area contributed by atoms with Gasteiger partial charge in [-0.2, -0.15) is 0 Å². The molecule has 1 aliphatic carbocycles. The molecule has 0 radical (unpaired) electrons. The van der Waals surface area contributed by atoms with E-state index in [2.05, 4.69) is 4.90 Å².